The molecule has 1 rings (SSSR count). The molecule has 0 heterocycles. The van der Waals surface area contributed by atoms with E-state index < -0.39 is 0 Å². The second-order valence-corrected chi connectivity index (χ2v) is 4.26. The Hall–Kier alpha value is -1.84. The van der Waals surface area contributed by atoms with Gasteiger partial charge in [-0.15, -0.1) is 0 Å². The van der Waals surface area contributed by atoms with E-state index in [1.807, 2.05) is 24.3 Å². The van der Waals surface area contributed by atoms with Crippen molar-refractivity contribution in [3.63, 3.8) is 0 Å². The molecule has 0 unspecified atom stereocenters. The minimum Gasteiger partial charge on any atom is -0.352 e. The highest BCUT2D eigenvalue weighted by Gasteiger charge is 2.01. The molecule has 0 aliphatic rings. The van der Waals surface area contributed by atoms with Crippen LogP contribution in [0.3, 0.4) is 0 Å². The Balaban J connectivity index is 2.39. The lowest BCUT2D eigenvalue weighted by atomic mass is 10.2. The second-order valence-electron chi connectivity index (χ2n) is 4.26. The normalized spacial score (nSPS) is 9.89. The van der Waals surface area contributed by atoms with Crippen molar-refractivity contribution in [2.24, 2.45) is 0 Å². The molecule has 2 amide bonds. The minimum atomic E-state index is -0.0874. The molecule has 0 bridgehead atoms. The van der Waals surface area contributed by atoms with Crippen molar-refractivity contribution in [2.75, 3.05) is 5.32 Å². The van der Waals surface area contributed by atoms with E-state index in [-0.39, 0.29) is 11.8 Å². The molecule has 0 aliphatic carbocycles. The van der Waals surface area contributed by atoms with Crippen molar-refractivity contribution in [2.45, 2.75) is 39.7 Å². The number of hydrogen-bond acceptors (Lipinski definition) is 2. The Bertz CT molecular complexity index is 399. The van der Waals surface area contributed by atoms with Gasteiger partial charge in [0.1, 0.15) is 0 Å². The van der Waals surface area contributed by atoms with Crippen molar-refractivity contribution in [1.82, 2.24) is 5.32 Å². The SMILES string of the molecule is CCCCC(=O)NCc1ccc(NC(C)=O)cc1. The number of carbonyl (C=O) groups excluding carboxylic acids is 2. The van der Waals surface area contributed by atoms with Gasteiger partial charge in [-0.05, 0) is 24.1 Å². The van der Waals surface area contributed by atoms with Gasteiger partial charge in [-0.3, -0.25) is 9.59 Å². The van der Waals surface area contributed by atoms with Gasteiger partial charge >= 0.3 is 0 Å². The third kappa shape index (κ3) is 5.48. The Kier molecular flexibility index (Phi) is 5.91. The molecular weight excluding hydrogens is 228 g/mol. The van der Waals surface area contributed by atoms with Crippen LogP contribution in [0.15, 0.2) is 24.3 Å². The zero-order valence-electron chi connectivity index (χ0n) is 11.0. The Morgan fingerprint density at radius 2 is 1.83 bits per heavy atom. The first kappa shape index (κ1) is 14.2. The van der Waals surface area contributed by atoms with Crippen molar-refractivity contribution in [1.29, 1.82) is 0 Å². The molecule has 0 aromatic heterocycles. The fraction of sp³-hybridized carbons (Fsp3) is 0.429. The van der Waals surface area contributed by atoms with Gasteiger partial charge in [0.25, 0.3) is 0 Å². The highest BCUT2D eigenvalue weighted by molar-refractivity contribution is 5.88. The number of anilines is 1. The van der Waals surface area contributed by atoms with Gasteiger partial charge in [0.05, 0.1) is 0 Å². The predicted octanol–water partition coefficient (Wildman–Crippen LogP) is 2.45. The molecule has 4 nitrogen and oxygen atoms in total. The summed E-state index contributed by atoms with van der Waals surface area (Å²) in [6.07, 6.45) is 2.53. The van der Waals surface area contributed by atoms with Crippen LogP contribution in [-0.2, 0) is 16.1 Å². The number of carbonyl (C=O) groups is 2. The molecule has 18 heavy (non-hydrogen) atoms. The lowest BCUT2D eigenvalue weighted by Gasteiger charge is -2.06. The van der Waals surface area contributed by atoms with Crippen molar-refractivity contribution >= 4 is 17.5 Å². The maximum Gasteiger partial charge on any atom is 0.221 e. The van der Waals surface area contributed by atoms with Crippen LogP contribution >= 0.6 is 0 Å². The Labute approximate surface area is 108 Å². The highest BCUT2D eigenvalue weighted by Crippen LogP contribution is 2.09. The molecular formula is C14H20N2O2. The number of nitrogens with one attached hydrogen (secondary N) is 2. The van der Waals surface area contributed by atoms with Gasteiger partial charge in [0.15, 0.2) is 0 Å². The van der Waals surface area contributed by atoms with Gasteiger partial charge in [-0.1, -0.05) is 25.5 Å². The van der Waals surface area contributed by atoms with Crippen molar-refractivity contribution < 1.29 is 9.59 Å². The second kappa shape index (κ2) is 7.48. The molecule has 0 spiro atoms. The lowest BCUT2D eigenvalue weighted by Crippen LogP contribution is -2.22. The topological polar surface area (TPSA) is 58.2 Å². The number of rotatable bonds is 6. The summed E-state index contributed by atoms with van der Waals surface area (Å²) in [5.74, 6) is -0.00148. The van der Waals surface area contributed by atoms with E-state index in [4.69, 9.17) is 0 Å². The molecule has 0 atom stereocenters. The smallest absolute Gasteiger partial charge is 0.221 e. The summed E-state index contributed by atoms with van der Waals surface area (Å²) in [5.41, 5.74) is 1.79. The van der Waals surface area contributed by atoms with Crippen LogP contribution in [0, 0.1) is 0 Å². The van der Waals surface area contributed by atoms with Gasteiger partial charge in [0.2, 0.25) is 11.8 Å². The zero-order valence-corrected chi connectivity index (χ0v) is 11.0. The van der Waals surface area contributed by atoms with Gasteiger partial charge in [0, 0.05) is 25.6 Å². The van der Waals surface area contributed by atoms with Crippen molar-refractivity contribution in [3.8, 4) is 0 Å². The first-order valence-electron chi connectivity index (χ1n) is 6.25. The molecule has 4 heteroatoms. The van der Waals surface area contributed by atoms with E-state index in [1.54, 1.807) is 0 Å². The van der Waals surface area contributed by atoms with Crippen LogP contribution in [0.2, 0.25) is 0 Å². The fourth-order valence-electron chi connectivity index (χ4n) is 1.54. The van der Waals surface area contributed by atoms with Gasteiger partial charge < -0.3 is 10.6 Å². The van der Waals surface area contributed by atoms with Crippen LogP contribution in [0.5, 0.6) is 0 Å². The summed E-state index contributed by atoms with van der Waals surface area (Å²) >= 11 is 0. The molecule has 1 aromatic rings. The number of benzene rings is 1. The number of amides is 2. The van der Waals surface area contributed by atoms with E-state index in [2.05, 4.69) is 17.6 Å². The monoisotopic (exact) mass is 248 g/mol. The number of hydrogen-bond donors (Lipinski definition) is 2. The summed E-state index contributed by atoms with van der Waals surface area (Å²) < 4.78 is 0. The molecule has 0 radical (unpaired) electrons. The molecule has 0 saturated carbocycles. The summed E-state index contributed by atoms with van der Waals surface area (Å²) in [4.78, 5) is 22.3. The molecule has 0 fully saturated rings. The summed E-state index contributed by atoms with van der Waals surface area (Å²) in [7, 11) is 0. The third-order valence-corrected chi connectivity index (χ3v) is 2.52. The lowest BCUT2D eigenvalue weighted by molar-refractivity contribution is -0.121. The summed E-state index contributed by atoms with van der Waals surface area (Å²) in [6, 6.07) is 7.45. The molecule has 98 valence electrons. The van der Waals surface area contributed by atoms with Crippen LogP contribution in [0.1, 0.15) is 38.7 Å². The Morgan fingerprint density at radius 1 is 1.17 bits per heavy atom. The van der Waals surface area contributed by atoms with Crippen LogP contribution in [0.25, 0.3) is 0 Å². The maximum absolute atomic E-state index is 11.4. The van der Waals surface area contributed by atoms with Crippen molar-refractivity contribution in [3.05, 3.63) is 29.8 Å². The number of unbranched alkanes of at least 4 members (excludes halogenated alkanes) is 1. The summed E-state index contributed by atoms with van der Waals surface area (Å²) in [6.45, 7) is 4.07. The molecule has 2 N–H and O–H groups in total. The van der Waals surface area contributed by atoms with E-state index in [1.165, 1.54) is 6.92 Å². The average Bonchev–Trinajstić information content (AvgIpc) is 2.35. The molecule has 1 aromatic carbocycles. The first-order chi connectivity index (χ1) is 8.61. The molecule has 0 aliphatic heterocycles. The largest absolute Gasteiger partial charge is 0.352 e. The van der Waals surface area contributed by atoms with Gasteiger partial charge in [-0.25, -0.2) is 0 Å². The predicted molar refractivity (Wildman–Crippen MR) is 72.1 cm³/mol. The standard InChI is InChI=1S/C14H20N2O2/c1-3-4-5-14(18)15-10-12-6-8-13(9-7-12)16-11(2)17/h6-9H,3-5,10H2,1-2H3,(H,15,18)(H,16,17). The molecule has 0 saturated heterocycles. The van der Waals surface area contributed by atoms with Crippen LogP contribution in [0.4, 0.5) is 5.69 Å². The van der Waals surface area contributed by atoms with Crippen LogP contribution in [-0.4, -0.2) is 11.8 Å². The average molecular weight is 248 g/mol. The maximum atomic E-state index is 11.4. The van der Waals surface area contributed by atoms with Crippen LogP contribution < -0.4 is 10.6 Å². The highest BCUT2D eigenvalue weighted by atomic mass is 16.2. The quantitative estimate of drug-likeness (QED) is 0.812. The van der Waals surface area contributed by atoms with Gasteiger partial charge in [-0.2, -0.15) is 0 Å². The first-order valence-corrected chi connectivity index (χ1v) is 6.25. The van der Waals surface area contributed by atoms with E-state index in [9.17, 15) is 9.59 Å². The summed E-state index contributed by atoms with van der Waals surface area (Å²) in [5, 5.41) is 5.57. The van der Waals surface area contributed by atoms with E-state index >= 15 is 0 Å². The van der Waals surface area contributed by atoms with E-state index in [0.717, 1.165) is 24.1 Å². The Morgan fingerprint density at radius 3 is 2.39 bits per heavy atom. The minimum absolute atomic E-state index is 0.0859. The third-order valence-electron chi connectivity index (χ3n) is 2.52. The fourth-order valence-corrected chi connectivity index (χ4v) is 1.54. The van der Waals surface area contributed by atoms with E-state index in [0.29, 0.717) is 13.0 Å². The zero-order chi connectivity index (χ0) is 13.4.